The molecule has 1 unspecified atom stereocenters. The standard InChI is InChI=1S/C26H33N7O3S/c1-5-36-24(35)22-17(4)29-26(37-22)32-25-30-20(28-13-19-15(2)8-6-9-16(19)3)12-21(31-25)33-11-7-10-18(14-33)23(27)34/h6,8-9,12,18H,5,7,10-11,13-14H2,1-4H3,(H2,27,34)(H2,28,29,30,31,32). The lowest BCUT2D eigenvalue weighted by molar-refractivity contribution is -0.122. The highest BCUT2D eigenvalue weighted by Crippen LogP contribution is 2.29. The summed E-state index contributed by atoms with van der Waals surface area (Å²) in [6.45, 7) is 9.87. The van der Waals surface area contributed by atoms with Gasteiger partial charge in [0.15, 0.2) is 5.13 Å². The van der Waals surface area contributed by atoms with Crippen LogP contribution < -0.4 is 21.3 Å². The number of nitrogens with two attached hydrogens (primary N) is 1. The first-order valence-electron chi connectivity index (χ1n) is 12.4. The maximum Gasteiger partial charge on any atom is 0.350 e. The summed E-state index contributed by atoms with van der Waals surface area (Å²) in [6, 6.07) is 8.11. The van der Waals surface area contributed by atoms with E-state index in [4.69, 9.17) is 15.5 Å². The smallest absolute Gasteiger partial charge is 0.350 e. The summed E-state index contributed by atoms with van der Waals surface area (Å²) < 4.78 is 5.13. The van der Waals surface area contributed by atoms with Crippen LogP contribution in [0.4, 0.5) is 22.7 Å². The number of nitrogens with zero attached hydrogens (tertiary/aromatic N) is 4. The summed E-state index contributed by atoms with van der Waals surface area (Å²) in [7, 11) is 0. The number of carbonyl (C=O) groups is 2. The minimum atomic E-state index is -0.401. The predicted octanol–water partition coefficient (Wildman–Crippen LogP) is 4.09. The minimum Gasteiger partial charge on any atom is -0.462 e. The lowest BCUT2D eigenvalue weighted by Crippen LogP contribution is -2.41. The van der Waals surface area contributed by atoms with Gasteiger partial charge in [0, 0.05) is 25.7 Å². The number of hydrogen-bond acceptors (Lipinski definition) is 10. The molecule has 10 nitrogen and oxygen atoms in total. The number of thiazole rings is 1. The van der Waals surface area contributed by atoms with Crippen molar-refractivity contribution in [1.29, 1.82) is 0 Å². The Morgan fingerprint density at radius 3 is 2.65 bits per heavy atom. The highest BCUT2D eigenvalue weighted by molar-refractivity contribution is 7.17. The molecule has 3 heterocycles. The van der Waals surface area contributed by atoms with E-state index in [1.807, 2.05) is 12.1 Å². The van der Waals surface area contributed by atoms with Gasteiger partial charge in [-0.3, -0.25) is 10.1 Å². The summed E-state index contributed by atoms with van der Waals surface area (Å²) >= 11 is 1.20. The van der Waals surface area contributed by atoms with Gasteiger partial charge in [0.25, 0.3) is 0 Å². The van der Waals surface area contributed by atoms with Crippen LogP contribution >= 0.6 is 11.3 Å². The SMILES string of the molecule is CCOC(=O)c1sc(Nc2nc(NCc3c(C)cccc3C)cc(N3CCCC(C(N)=O)C3)n2)nc1C. The van der Waals surface area contributed by atoms with Gasteiger partial charge >= 0.3 is 5.97 Å². The van der Waals surface area contributed by atoms with Crippen LogP contribution in [0.25, 0.3) is 0 Å². The zero-order chi connectivity index (χ0) is 26.5. The molecule has 3 aromatic rings. The van der Waals surface area contributed by atoms with Crippen LogP contribution in [-0.4, -0.2) is 46.5 Å². The molecule has 0 saturated carbocycles. The topological polar surface area (TPSA) is 135 Å². The Morgan fingerprint density at radius 2 is 1.95 bits per heavy atom. The molecular weight excluding hydrogens is 490 g/mol. The Bertz CT molecular complexity index is 1270. The molecule has 1 aliphatic rings. The van der Waals surface area contributed by atoms with Crippen molar-refractivity contribution < 1.29 is 14.3 Å². The number of aryl methyl sites for hydroxylation is 3. The summed E-state index contributed by atoms with van der Waals surface area (Å²) in [5.74, 6) is 0.741. The number of rotatable bonds is 9. The van der Waals surface area contributed by atoms with Crippen LogP contribution in [-0.2, 0) is 16.1 Å². The van der Waals surface area contributed by atoms with E-state index in [2.05, 4.69) is 51.5 Å². The molecule has 0 spiro atoms. The number of hydrogen-bond donors (Lipinski definition) is 3. The van der Waals surface area contributed by atoms with E-state index in [0.29, 0.717) is 53.0 Å². The number of carbonyl (C=O) groups excluding carboxylic acids is 2. The normalized spacial score (nSPS) is 15.4. The van der Waals surface area contributed by atoms with Gasteiger partial charge in [-0.2, -0.15) is 9.97 Å². The summed E-state index contributed by atoms with van der Waals surface area (Å²) in [4.78, 5) is 40.5. The van der Waals surface area contributed by atoms with Gasteiger partial charge in [-0.1, -0.05) is 29.5 Å². The van der Waals surface area contributed by atoms with Crippen LogP contribution in [0.1, 0.15) is 51.8 Å². The molecule has 0 bridgehead atoms. The minimum absolute atomic E-state index is 0.222. The zero-order valence-electron chi connectivity index (χ0n) is 21.6. The van der Waals surface area contributed by atoms with E-state index >= 15 is 0 Å². The number of anilines is 4. The quantitative estimate of drug-likeness (QED) is 0.354. The Balaban J connectivity index is 1.63. The lowest BCUT2D eigenvalue weighted by atomic mass is 9.97. The van der Waals surface area contributed by atoms with Crippen molar-refractivity contribution in [3.63, 3.8) is 0 Å². The average molecular weight is 524 g/mol. The predicted molar refractivity (Wildman–Crippen MR) is 145 cm³/mol. The van der Waals surface area contributed by atoms with Crippen molar-refractivity contribution in [2.24, 2.45) is 11.7 Å². The number of ether oxygens (including phenoxy) is 1. The van der Waals surface area contributed by atoms with Gasteiger partial charge in [0.1, 0.15) is 16.5 Å². The number of amides is 1. The molecule has 37 heavy (non-hydrogen) atoms. The van der Waals surface area contributed by atoms with Gasteiger partial charge in [-0.15, -0.1) is 0 Å². The number of aromatic nitrogens is 3. The van der Waals surface area contributed by atoms with E-state index in [1.54, 1.807) is 13.8 Å². The third kappa shape index (κ3) is 6.34. The Labute approximate surface area is 220 Å². The summed E-state index contributed by atoms with van der Waals surface area (Å²) in [6.07, 6.45) is 1.62. The lowest BCUT2D eigenvalue weighted by Gasteiger charge is -2.32. The summed E-state index contributed by atoms with van der Waals surface area (Å²) in [5, 5.41) is 7.08. The van der Waals surface area contributed by atoms with Gasteiger partial charge in [0.2, 0.25) is 11.9 Å². The molecule has 2 aromatic heterocycles. The number of benzene rings is 1. The molecule has 0 radical (unpaired) electrons. The fraction of sp³-hybridized carbons (Fsp3) is 0.423. The fourth-order valence-corrected chi connectivity index (χ4v) is 5.25. The van der Waals surface area contributed by atoms with Crippen LogP contribution in [0.15, 0.2) is 24.3 Å². The Hall–Kier alpha value is -3.73. The average Bonchev–Trinajstić information content (AvgIpc) is 3.23. The monoisotopic (exact) mass is 523 g/mol. The first-order chi connectivity index (χ1) is 17.7. The molecule has 1 aromatic carbocycles. The molecular formula is C26H33N7O3S. The zero-order valence-corrected chi connectivity index (χ0v) is 22.4. The van der Waals surface area contributed by atoms with Crippen molar-refractivity contribution in [3.05, 3.63) is 51.5 Å². The third-order valence-corrected chi connectivity index (χ3v) is 7.48. The van der Waals surface area contributed by atoms with E-state index in [-0.39, 0.29) is 11.8 Å². The molecule has 11 heteroatoms. The largest absolute Gasteiger partial charge is 0.462 e. The van der Waals surface area contributed by atoms with Crippen molar-refractivity contribution in [2.75, 3.05) is 35.2 Å². The first kappa shape index (κ1) is 26.3. The third-order valence-electron chi connectivity index (χ3n) is 6.43. The number of nitrogens with one attached hydrogen (secondary N) is 2. The van der Waals surface area contributed by atoms with Crippen molar-refractivity contribution >= 4 is 45.9 Å². The van der Waals surface area contributed by atoms with Crippen LogP contribution in [0.2, 0.25) is 0 Å². The molecule has 1 saturated heterocycles. The van der Waals surface area contributed by atoms with E-state index < -0.39 is 5.97 Å². The maximum atomic E-state index is 12.2. The molecule has 1 atom stereocenters. The second-order valence-electron chi connectivity index (χ2n) is 9.13. The second kappa shape index (κ2) is 11.5. The number of piperidine rings is 1. The van der Waals surface area contributed by atoms with E-state index in [1.165, 1.54) is 28.0 Å². The van der Waals surface area contributed by atoms with Crippen LogP contribution in [0, 0.1) is 26.7 Å². The highest BCUT2D eigenvalue weighted by Gasteiger charge is 2.26. The van der Waals surface area contributed by atoms with E-state index in [0.717, 1.165) is 19.4 Å². The molecule has 1 amide bonds. The molecule has 0 aliphatic carbocycles. The van der Waals surface area contributed by atoms with Crippen molar-refractivity contribution in [1.82, 2.24) is 15.0 Å². The van der Waals surface area contributed by atoms with Crippen LogP contribution in [0.3, 0.4) is 0 Å². The van der Waals surface area contributed by atoms with Gasteiger partial charge in [0.05, 0.1) is 18.2 Å². The van der Waals surface area contributed by atoms with E-state index in [9.17, 15) is 9.59 Å². The molecule has 196 valence electrons. The number of esters is 1. The fourth-order valence-electron chi connectivity index (χ4n) is 4.40. The molecule has 1 aliphatic heterocycles. The van der Waals surface area contributed by atoms with Crippen molar-refractivity contribution in [2.45, 2.75) is 47.1 Å². The summed E-state index contributed by atoms with van der Waals surface area (Å²) in [5.41, 5.74) is 9.79. The second-order valence-corrected chi connectivity index (χ2v) is 10.1. The van der Waals surface area contributed by atoms with Crippen LogP contribution in [0.5, 0.6) is 0 Å². The highest BCUT2D eigenvalue weighted by atomic mass is 32.1. The van der Waals surface area contributed by atoms with Gasteiger partial charge in [-0.25, -0.2) is 9.78 Å². The molecule has 1 fully saturated rings. The number of primary amides is 1. The molecule has 4 N–H and O–H groups in total. The first-order valence-corrected chi connectivity index (χ1v) is 13.2. The van der Waals surface area contributed by atoms with Gasteiger partial charge in [-0.05, 0) is 57.2 Å². The Morgan fingerprint density at radius 1 is 1.19 bits per heavy atom. The molecule has 4 rings (SSSR count). The van der Waals surface area contributed by atoms with Crippen molar-refractivity contribution in [3.8, 4) is 0 Å². The van der Waals surface area contributed by atoms with Gasteiger partial charge < -0.3 is 20.7 Å². The maximum absolute atomic E-state index is 12.2. The Kier molecular flexibility index (Phi) is 8.22.